The maximum Gasteiger partial charge on any atom is 0.221 e. The van der Waals surface area contributed by atoms with Crippen LogP contribution in [0.5, 0.6) is 0 Å². The highest BCUT2D eigenvalue weighted by Crippen LogP contribution is 2.25. The first-order chi connectivity index (χ1) is 8.06. The molecule has 0 radical (unpaired) electrons. The van der Waals surface area contributed by atoms with Crippen LogP contribution in [0, 0.1) is 5.82 Å². The molecule has 3 nitrogen and oxygen atoms in total. The highest BCUT2D eigenvalue weighted by Gasteiger charge is 2.16. The van der Waals surface area contributed by atoms with Crippen molar-refractivity contribution in [2.45, 2.75) is 19.4 Å². The average Bonchev–Trinajstić information content (AvgIpc) is 2.26. The normalized spacial score (nSPS) is 12.2. The van der Waals surface area contributed by atoms with Crippen molar-refractivity contribution in [3.8, 4) is 0 Å². The minimum absolute atomic E-state index is 0.133. The Morgan fingerprint density at radius 3 is 2.82 bits per heavy atom. The molecule has 0 saturated heterocycles. The van der Waals surface area contributed by atoms with E-state index in [1.54, 1.807) is 20.0 Å². The van der Waals surface area contributed by atoms with Gasteiger partial charge < -0.3 is 10.6 Å². The van der Waals surface area contributed by atoms with Gasteiger partial charge >= 0.3 is 0 Å². The molecule has 5 heteroatoms. The summed E-state index contributed by atoms with van der Waals surface area (Å²) in [6.45, 7) is 2.30. The third-order valence-corrected chi connectivity index (χ3v) is 2.74. The van der Waals surface area contributed by atoms with Crippen LogP contribution in [-0.4, -0.2) is 19.5 Å². The molecular formula is C12H16ClFN2O. The summed E-state index contributed by atoms with van der Waals surface area (Å²) in [7, 11) is 1.77. The van der Waals surface area contributed by atoms with Gasteiger partial charge in [0.1, 0.15) is 5.82 Å². The van der Waals surface area contributed by atoms with E-state index in [2.05, 4.69) is 10.6 Å². The van der Waals surface area contributed by atoms with Gasteiger partial charge in [-0.05, 0) is 26.1 Å². The molecule has 94 valence electrons. The van der Waals surface area contributed by atoms with Crippen molar-refractivity contribution >= 4 is 17.5 Å². The van der Waals surface area contributed by atoms with Crippen LogP contribution in [-0.2, 0) is 4.79 Å². The molecule has 0 aliphatic heterocycles. The second kappa shape index (κ2) is 6.57. The van der Waals surface area contributed by atoms with E-state index < -0.39 is 11.9 Å². The quantitative estimate of drug-likeness (QED) is 0.851. The second-order valence-corrected chi connectivity index (χ2v) is 4.19. The third kappa shape index (κ3) is 3.98. The van der Waals surface area contributed by atoms with Crippen LogP contribution in [0.1, 0.15) is 24.9 Å². The fourth-order valence-corrected chi connectivity index (χ4v) is 1.88. The number of rotatable bonds is 5. The Labute approximate surface area is 105 Å². The predicted octanol–water partition coefficient (Wildman–Crippen LogP) is 2.27. The molecule has 0 spiro atoms. The molecule has 1 unspecified atom stereocenters. The maximum atomic E-state index is 13.6. The van der Waals surface area contributed by atoms with E-state index in [4.69, 9.17) is 11.6 Å². The van der Waals surface area contributed by atoms with Crippen LogP contribution < -0.4 is 10.6 Å². The highest BCUT2D eigenvalue weighted by molar-refractivity contribution is 6.31. The van der Waals surface area contributed by atoms with Gasteiger partial charge in [-0.15, -0.1) is 0 Å². The second-order valence-electron chi connectivity index (χ2n) is 3.78. The van der Waals surface area contributed by atoms with Crippen LogP contribution in [0.2, 0.25) is 5.02 Å². The summed E-state index contributed by atoms with van der Waals surface area (Å²) < 4.78 is 13.6. The molecule has 1 amide bonds. The summed E-state index contributed by atoms with van der Waals surface area (Å²) in [5, 5.41) is 5.91. The molecule has 0 saturated carbocycles. The molecule has 1 atom stereocenters. The summed E-state index contributed by atoms with van der Waals surface area (Å²) in [4.78, 5) is 11.5. The van der Waals surface area contributed by atoms with Crippen molar-refractivity contribution in [3.05, 3.63) is 34.6 Å². The zero-order chi connectivity index (χ0) is 12.8. The number of hydrogen-bond acceptors (Lipinski definition) is 2. The molecule has 0 aliphatic rings. The van der Waals surface area contributed by atoms with Crippen LogP contribution in [0.4, 0.5) is 4.39 Å². The average molecular weight is 259 g/mol. The lowest BCUT2D eigenvalue weighted by Crippen LogP contribution is -2.29. The Kier molecular flexibility index (Phi) is 5.38. The number of hydrogen-bond donors (Lipinski definition) is 2. The van der Waals surface area contributed by atoms with Crippen molar-refractivity contribution in [1.29, 1.82) is 0 Å². The van der Waals surface area contributed by atoms with Gasteiger partial charge in [0.25, 0.3) is 0 Å². The first kappa shape index (κ1) is 13.9. The standard InChI is InChI=1S/C12H16ClFN2O/c1-8(16-11(17)6-7-15-2)12-9(13)4-3-5-10(12)14/h3-5,8,15H,6-7H2,1-2H3,(H,16,17). The number of benzene rings is 1. The number of halogens is 2. The van der Waals surface area contributed by atoms with Gasteiger partial charge in [-0.3, -0.25) is 4.79 Å². The summed E-state index contributed by atoms with van der Waals surface area (Å²) in [6, 6.07) is 4.04. The topological polar surface area (TPSA) is 41.1 Å². The predicted molar refractivity (Wildman–Crippen MR) is 66.5 cm³/mol. The van der Waals surface area contributed by atoms with Crippen molar-refractivity contribution in [2.75, 3.05) is 13.6 Å². The van der Waals surface area contributed by atoms with Crippen LogP contribution in [0.25, 0.3) is 0 Å². The smallest absolute Gasteiger partial charge is 0.221 e. The highest BCUT2D eigenvalue weighted by atomic mass is 35.5. The molecule has 1 aromatic rings. The number of nitrogens with one attached hydrogen (secondary N) is 2. The van der Waals surface area contributed by atoms with Crippen molar-refractivity contribution in [1.82, 2.24) is 10.6 Å². The molecular weight excluding hydrogens is 243 g/mol. The van der Waals surface area contributed by atoms with Gasteiger partial charge in [-0.2, -0.15) is 0 Å². The maximum absolute atomic E-state index is 13.6. The van der Waals surface area contributed by atoms with Gasteiger partial charge in [-0.1, -0.05) is 17.7 Å². The molecule has 0 aromatic heterocycles. The monoisotopic (exact) mass is 258 g/mol. The van der Waals surface area contributed by atoms with Gasteiger partial charge in [0.15, 0.2) is 0 Å². The van der Waals surface area contributed by atoms with E-state index in [1.165, 1.54) is 12.1 Å². The molecule has 2 N–H and O–H groups in total. The largest absolute Gasteiger partial charge is 0.349 e. The van der Waals surface area contributed by atoms with Crippen LogP contribution in [0.15, 0.2) is 18.2 Å². The van der Waals surface area contributed by atoms with Gasteiger partial charge in [0.05, 0.1) is 6.04 Å². The lowest BCUT2D eigenvalue weighted by atomic mass is 10.1. The Hall–Kier alpha value is -1.13. The summed E-state index contributed by atoms with van der Waals surface area (Å²) >= 11 is 5.91. The fourth-order valence-electron chi connectivity index (χ4n) is 1.55. The van der Waals surface area contributed by atoms with E-state index in [0.717, 1.165) is 0 Å². The molecule has 0 aliphatic carbocycles. The van der Waals surface area contributed by atoms with E-state index in [1.807, 2.05) is 0 Å². The first-order valence-electron chi connectivity index (χ1n) is 5.44. The number of amides is 1. The van der Waals surface area contributed by atoms with Gasteiger partial charge in [0.2, 0.25) is 5.91 Å². The third-order valence-electron chi connectivity index (χ3n) is 2.41. The minimum Gasteiger partial charge on any atom is -0.349 e. The minimum atomic E-state index is -0.437. The molecule has 0 heterocycles. The Balaban J connectivity index is 2.69. The summed E-state index contributed by atoms with van der Waals surface area (Å²) in [5.74, 6) is -0.537. The van der Waals surface area contributed by atoms with Crippen LogP contribution >= 0.6 is 11.6 Å². The molecule has 0 fully saturated rings. The Morgan fingerprint density at radius 1 is 1.53 bits per heavy atom. The molecule has 1 aromatic carbocycles. The van der Waals surface area contributed by atoms with Gasteiger partial charge in [0, 0.05) is 23.6 Å². The van der Waals surface area contributed by atoms with Crippen molar-refractivity contribution in [2.24, 2.45) is 0 Å². The van der Waals surface area contributed by atoms with Crippen LogP contribution in [0.3, 0.4) is 0 Å². The summed E-state index contributed by atoms with van der Waals surface area (Å²) in [6.07, 6.45) is 0.354. The fraction of sp³-hybridized carbons (Fsp3) is 0.417. The van der Waals surface area contributed by atoms with E-state index in [9.17, 15) is 9.18 Å². The summed E-state index contributed by atoms with van der Waals surface area (Å²) in [5.41, 5.74) is 0.326. The zero-order valence-corrected chi connectivity index (χ0v) is 10.6. The Morgan fingerprint density at radius 2 is 2.24 bits per heavy atom. The van der Waals surface area contributed by atoms with E-state index in [-0.39, 0.29) is 5.91 Å². The first-order valence-corrected chi connectivity index (χ1v) is 5.82. The SMILES string of the molecule is CNCCC(=O)NC(C)c1c(F)cccc1Cl. The molecule has 1 rings (SSSR count). The Bertz CT molecular complexity index is 378. The lowest BCUT2D eigenvalue weighted by Gasteiger charge is -2.16. The molecule has 17 heavy (non-hydrogen) atoms. The van der Waals surface area contributed by atoms with Gasteiger partial charge in [-0.25, -0.2) is 4.39 Å². The van der Waals surface area contributed by atoms with E-state index in [0.29, 0.717) is 23.6 Å². The van der Waals surface area contributed by atoms with Crippen molar-refractivity contribution < 1.29 is 9.18 Å². The number of carbonyl (C=O) groups is 1. The van der Waals surface area contributed by atoms with E-state index >= 15 is 0 Å². The lowest BCUT2D eigenvalue weighted by molar-refractivity contribution is -0.121. The van der Waals surface area contributed by atoms with Crippen molar-refractivity contribution in [3.63, 3.8) is 0 Å². The number of carbonyl (C=O) groups excluding carboxylic acids is 1. The zero-order valence-electron chi connectivity index (χ0n) is 9.89. The molecule has 0 bridgehead atoms.